The van der Waals surface area contributed by atoms with E-state index in [4.69, 9.17) is 15.1 Å². The third-order valence-electron chi connectivity index (χ3n) is 3.36. The van der Waals surface area contributed by atoms with Crippen LogP contribution in [-0.4, -0.2) is 10.3 Å². The van der Waals surface area contributed by atoms with Crippen LogP contribution in [0.5, 0.6) is 11.5 Å². The Labute approximate surface area is 119 Å². The topological polar surface area (TPSA) is 74.2 Å². The van der Waals surface area contributed by atoms with Gasteiger partial charge in [-0.15, -0.1) is 0 Å². The zero-order valence-corrected chi connectivity index (χ0v) is 11.0. The molecule has 4 aromatic rings. The van der Waals surface area contributed by atoms with Crippen LogP contribution in [-0.2, 0) is 0 Å². The molecule has 0 radical (unpaired) electrons. The van der Waals surface area contributed by atoms with Crippen molar-refractivity contribution in [2.45, 2.75) is 0 Å². The van der Waals surface area contributed by atoms with Crippen molar-refractivity contribution < 1.29 is 9.37 Å². The van der Waals surface area contributed by atoms with Gasteiger partial charge in [0.15, 0.2) is 16.8 Å². The van der Waals surface area contributed by atoms with Crippen LogP contribution in [0, 0.1) is 0 Å². The van der Waals surface area contributed by atoms with Gasteiger partial charge in [-0.25, -0.2) is 4.63 Å². The molecule has 0 saturated carbocycles. The van der Waals surface area contributed by atoms with Crippen LogP contribution >= 0.6 is 0 Å². The number of benzene rings is 3. The first-order valence-corrected chi connectivity index (χ1v) is 6.49. The highest BCUT2D eigenvalue weighted by Gasteiger charge is 2.12. The van der Waals surface area contributed by atoms with Crippen LogP contribution in [0.3, 0.4) is 0 Å². The number of nitrogen functional groups attached to an aromatic ring is 1. The monoisotopic (exact) mass is 277 g/mol. The van der Waals surface area contributed by atoms with E-state index in [9.17, 15) is 0 Å². The summed E-state index contributed by atoms with van der Waals surface area (Å²) in [5.41, 5.74) is 7.35. The highest BCUT2D eigenvalue weighted by atomic mass is 16.6. The number of anilines is 1. The molecule has 0 bridgehead atoms. The van der Waals surface area contributed by atoms with Crippen molar-refractivity contribution in [3.8, 4) is 11.5 Å². The summed E-state index contributed by atoms with van der Waals surface area (Å²) in [5.74, 6) is 1.29. The van der Waals surface area contributed by atoms with Gasteiger partial charge in [0.05, 0.1) is 5.69 Å². The fourth-order valence-electron chi connectivity index (χ4n) is 2.30. The lowest BCUT2D eigenvalue weighted by Gasteiger charge is -2.07. The van der Waals surface area contributed by atoms with Gasteiger partial charge in [-0.1, -0.05) is 30.3 Å². The van der Waals surface area contributed by atoms with Gasteiger partial charge < -0.3 is 10.5 Å². The van der Waals surface area contributed by atoms with Gasteiger partial charge in [0.2, 0.25) is 0 Å². The largest absolute Gasteiger partial charge is 0.455 e. The lowest BCUT2D eigenvalue weighted by Crippen LogP contribution is -1.90. The number of hydrogen-bond donors (Lipinski definition) is 1. The first kappa shape index (κ1) is 11.7. The second-order valence-electron chi connectivity index (χ2n) is 4.73. The third-order valence-corrected chi connectivity index (χ3v) is 3.36. The Bertz CT molecular complexity index is 946. The normalized spacial score (nSPS) is 11.0. The lowest BCUT2D eigenvalue weighted by atomic mass is 10.1. The zero-order valence-electron chi connectivity index (χ0n) is 11.0. The van der Waals surface area contributed by atoms with Gasteiger partial charge in [-0.3, -0.25) is 0 Å². The first-order chi connectivity index (χ1) is 10.3. The summed E-state index contributed by atoms with van der Waals surface area (Å²) in [7, 11) is 0. The van der Waals surface area contributed by atoms with Crippen LogP contribution in [0.25, 0.3) is 21.8 Å². The number of hydrogen-bond acceptors (Lipinski definition) is 5. The molecule has 0 aliphatic carbocycles. The number of aromatic nitrogens is 2. The number of fused-ring (bicyclic) bond motifs is 2. The lowest BCUT2D eigenvalue weighted by molar-refractivity contribution is 0.314. The van der Waals surface area contributed by atoms with Crippen LogP contribution in [0.2, 0.25) is 0 Å². The number of nitrogens with zero attached hydrogens (tertiary/aromatic N) is 2. The van der Waals surface area contributed by atoms with E-state index >= 15 is 0 Å². The molecule has 4 rings (SSSR count). The molecule has 0 aliphatic heterocycles. The summed E-state index contributed by atoms with van der Waals surface area (Å²) >= 11 is 0. The minimum Gasteiger partial charge on any atom is -0.455 e. The number of ether oxygens (including phenoxy) is 1. The fraction of sp³-hybridized carbons (Fsp3) is 0. The highest BCUT2D eigenvalue weighted by molar-refractivity contribution is 5.90. The average molecular weight is 277 g/mol. The quantitative estimate of drug-likeness (QED) is 0.565. The minimum absolute atomic E-state index is 0.508. The van der Waals surface area contributed by atoms with Crippen molar-refractivity contribution in [1.29, 1.82) is 0 Å². The predicted octanol–water partition coefficient (Wildman–Crippen LogP) is 3.75. The van der Waals surface area contributed by atoms with E-state index in [0.717, 1.165) is 16.5 Å². The third kappa shape index (κ3) is 1.95. The minimum atomic E-state index is 0.508. The van der Waals surface area contributed by atoms with Crippen LogP contribution in [0.4, 0.5) is 5.69 Å². The molecular formula is C16H11N3O2. The molecule has 5 nitrogen and oxygen atoms in total. The van der Waals surface area contributed by atoms with Gasteiger partial charge in [0.1, 0.15) is 5.75 Å². The number of nitrogens with two attached hydrogens (primary N) is 1. The van der Waals surface area contributed by atoms with Gasteiger partial charge in [-0.05, 0) is 45.4 Å². The Morgan fingerprint density at radius 3 is 2.57 bits per heavy atom. The van der Waals surface area contributed by atoms with Crippen molar-refractivity contribution in [1.82, 2.24) is 10.3 Å². The van der Waals surface area contributed by atoms with E-state index in [1.165, 1.54) is 0 Å². The molecule has 3 aromatic carbocycles. The van der Waals surface area contributed by atoms with Gasteiger partial charge in [0, 0.05) is 0 Å². The molecule has 21 heavy (non-hydrogen) atoms. The summed E-state index contributed by atoms with van der Waals surface area (Å²) in [4.78, 5) is 0. The second-order valence-corrected chi connectivity index (χ2v) is 4.73. The molecule has 102 valence electrons. The van der Waals surface area contributed by atoms with Gasteiger partial charge >= 0.3 is 0 Å². The highest BCUT2D eigenvalue weighted by Crippen LogP contribution is 2.32. The summed E-state index contributed by atoms with van der Waals surface area (Å²) in [5, 5.41) is 9.90. The Morgan fingerprint density at radius 2 is 1.67 bits per heavy atom. The smallest absolute Gasteiger partial charge is 0.179 e. The van der Waals surface area contributed by atoms with Crippen LogP contribution in [0.1, 0.15) is 0 Å². The molecule has 0 saturated heterocycles. The van der Waals surface area contributed by atoms with E-state index in [1.54, 1.807) is 12.1 Å². The first-order valence-electron chi connectivity index (χ1n) is 6.49. The Hall–Kier alpha value is -3.08. The SMILES string of the molecule is Nc1ccc(Oc2ccc3ccccc3c2)c2nonc12. The maximum atomic E-state index is 5.90. The second kappa shape index (κ2) is 4.49. The van der Waals surface area contributed by atoms with Crippen molar-refractivity contribution in [3.63, 3.8) is 0 Å². The Morgan fingerprint density at radius 1 is 0.857 bits per heavy atom. The molecule has 5 heteroatoms. The molecule has 1 aromatic heterocycles. The maximum Gasteiger partial charge on any atom is 0.179 e. The fourth-order valence-corrected chi connectivity index (χ4v) is 2.30. The van der Waals surface area contributed by atoms with E-state index in [1.807, 2.05) is 36.4 Å². The molecule has 0 spiro atoms. The zero-order chi connectivity index (χ0) is 14.2. The average Bonchev–Trinajstić information content (AvgIpc) is 3.01. The summed E-state index contributed by atoms with van der Waals surface area (Å²) in [6.07, 6.45) is 0. The standard InChI is InChI=1S/C16H11N3O2/c17-13-7-8-14(16-15(13)18-21-19-16)20-12-6-5-10-3-1-2-4-11(10)9-12/h1-9H,17H2. The Balaban J connectivity index is 1.79. The van der Waals surface area contributed by atoms with Gasteiger partial charge in [0.25, 0.3) is 0 Å². The Kier molecular flexibility index (Phi) is 2.50. The summed E-state index contributed by atoms with van der Waals surface area (Å²) in [6, 6.07) is 17.5. The molecule has 0 aliphatic rings. The molecular weight excluding hydrogens is 266 g/mol. The predicted molar refractivity (Wildman–Crippen MR) is 80.2 cm³/mol. The molecule has 1 heterocycles. The van der Waals surface area contributed by atoms with E-state index in [2.05, 4.69) is 16.4 Å². The van der Waals surface area contributed by atoms with Crippen molar-refractivity contribution in [2.24, 2.45) is 0 Å². The van der Waals surface area contributed by atoms with Crippen molar-refractivity contribution in [2.75, 3.05) is 5.73 Å². The molecule has 0 fully saturated rings. The van der Waals surface area contributed by atoms with Crippen molar-refractivity contribution >= 4 is 27.5 Å². The molecule has 0 amide bonds. The summed E-state index contributed by atoms with van der Waals surface area (Å²) < 4.78 is 10.6. The van der Waals surface area contributed by atoms with E-state index in [-0.39, 0.29) is 0 Å². The van der Waals surface area contributed by atoms with E-state index in [0.29, 0.717) is 22.5 Å². The molecule has 0 unspecified atom stereocenters. The van der Waals surface area contributed by atoms with Crippen molar-refractivity contribution in [3.05, 3.63) is 54.6 Å². The van der Waals surface area contributed by atoms with Crippen LogP contribution < -0.4 is 10.5 Å². The van der Waals surface area contributed by atoms with E-state index < -0.39 is 0 Å². The molecule has 0 atom stereocenters. The summed E-state index contributed by atoms with van der Waals surface area (Å²) in [6.45, 7) is 0. The maximum absolute atomic E-state index is 5.90. The molecule has 2 N–H and O–H groups in total. The van der Waals surface area contributed by atoms with Gasteiger partial charge in [-0.2, -0.15) is 0 Å². The number of rotatable bonds is 2. The van der Waals surface area contributed by atoms with Crippen LogP contribution in [0.15, 0.2) is 59.2 Å².